The molecule has 0 aliphatic heterocycles. The first-order chi connectivity index (χ1) is 7.61. The summed E-state index contributed by atoms with van der Waals surface area (Å²) < 4.78 is 0. The van der Waals surface area contributed by atoms with E-state index in [1.807, 2.05) is 0 Å². The Morgan fingerprint density at radius 3 is 2.25 bits per heavy atom. The zero-order valence-electron chi connectivity index (χ0n) is 10.7. The second-order valence-corrected chi connectivity index (χ2v) is 5.80. The molecule has 1 aliphatic carbocycles. The van der Waals surface area contributed by atoms with Gasteiger partial charge in [0.1, 0.15) is 12.4 Å². The van der Waals surface area contributed by atoms with Gasteiger partial charge in [-0.25, -0.2) is 0 Å². The summed E-state index contributed by atoms with van der Waals surface area (Å²) in [6.45, 7) is 4.60. The van der Waals surface area contributed by atoms with Crippen LogP contribution >= 0.6 is 0 Å². The lowest BCUT2D eigenvalue weighted by Crippen LogP contribution is -2.18. The topological polar surface area (TPSA) is 37.3 Å². The molecule has 2 nitrogen and oxygen atoms in total. The second kappa shape index (κ2) is 7.05. The maximum absolute atomic E-state index is 10.3. The molecule has 1 rings (SSSR count). The molecule has 0 radical (unpaired) electrons. The second-order valence-electron chi connectivity index (χ2n) is 5.80. The van der Waals surface area contributed by atoms with Crippen LogP contribution in [0.1, 0.15) is 58.8 Å². The molecule has 16 heavy (non-hydrogen) atoms. The van der Waals surface area contributed by atoms with Crippen LogP contribution in [0.2, 0.25) is 0 Å². The Balaban J connectivity index is 2.14. The first-order valence-electron chi connectivity index (χ1n) is 6.75. The lowest BCUT2D eigenvalue weighted by Gasteiger charge is -2.29. The molecule has 0 spiro atoms. The van der Waals surface area contributed by atoms with E-state index in [1.165, 1.54) is 32.1 Å². The molecule has 2 heteroatoms. The van der Waals surface area contributed by atoms with Gasteiger partial charge in [-0.2, -0.15) is 0 Å². The first-order valence-corrected chi connectivity index (χ1v) is 6.75. The summed E-state index contributed by atoms with van der Waals surface area (Å²) in [4.78, 5) is 10.3. The van der Waals surface area contributed by atoms with Gasteiger partial charge in [0.2, 0.25) is 0 Å². The van der Waals surface area contributed by atoms with E-state index >= 15 is 0 Å². The Morgan fingerprint density at radius 1 is 1.19 bits per heavy atom. The van der Waals surface area contributed by atoms with E-state index in [1.54, 1.807) is 0 Å². The lowest BCUT2D eigenvalue weighted by molar-refractivity contribution is -0.115. The zero-order chi connectivity index (χ0) is 12.0. The van der Waals surface area contributed by atoms with E-state index in [0.29, 0.717) is 12.7 Å². The van der Waals surface area contributed by atoms with E-state index < -0.39 is 6.10 Å². The maximum atomic E-state index is 10.3. The highest BCUT2D eigenvalue weighted by Crippen LogP contribution is 2.34. The summed E-state index contributed by atoms with van der Waals surface area (Å²) in [6.07, 6.45) is 8.26. The summed E-state index contributed by atoms with van der Waals surface area (Å²) in [5.74, 6) is 2.49. The number of hydrogen-bond donors (Lipinski definition) is 1. The molecular formula is C14H26O2. The highest BCUT2D eigenvalue weighted by atomic mass is 16.3. The van der Waals surface area contributed by atoms with E-state index in [9.17, 15) is 9.90 Å². The Hall–Kier alpha value is -0.370. The summed E-state index contributed by atoms with van der Waals surface area (Å²) in [7, 11) is 0. The van der Waals surface area contributed by atoms with Crippen LogP contribution in [-0.2, 0) is 4.79 Å². The van der Waals surface area contributed by atoms with Crippen LogP contribution in [0.15, 0.2) is 0 Å². The average molecular weight is 226 g/mol. The molecule has 0 amide bonds. The van der Waals surface area contributed by atoms with Crippen molar-refractivity contribution in [1.29, 1.82) is 0 Å². The molecule has 0 aromatic carbocycles. The smallest absolute Gasteiger partial charge is 0.148 e. The quantitative estimate of drug-likeness (QED) is 0.706. The molecule has 0 aromatic rings. The van der Waals surface area contributed by atoms with Gasteiger partial charge >= 0.3 is 0 Å². The monoisotopic (exact) mass is 226 g/mol. The van der Waals surface area contributed by atoms with Crippen molar-refractivity contribution in [2.45, 2.75) is 64.9 Å². The van der Waals surface area contributed by atoms with Crippen molar-refractivity contribution in [2.24, 2.45) is 17.8 Å². The molecule has 94 valence electrons. The van der Waals surface area contributed by atoms with Crippen molar-refractivity contribution >= 4 is 6.29 Å². The molecule has 1 aliphatic rings. The fourth-order valence-corrected chi connectivity index (χ4v) is 2.90. The molecule has 0 bridgehead atoms. The van der Waals surface area contributed by atoms with E-state index in [-0.39, 0.29) is 0 Å². The molecule has 1 N–H and O–H groups in total. The Bertz CT molecular complexity index is 193. The molecule has 1 atom stereocenters. The first kappa shape index (κ1) is 13.7. The minimum absolute atomic E-state index is 0.656. The minimum Gasteiger partial charge on any atom is -0.386 e. The molecular weight excluding hydrogens is 200 g/mol. The Kier molecular flexibility index (Phi) is 6.04. The summed E-state index contributed by atoms with van der Waals surface area (Å²) in [5.41, 5.74) is 0. The number of aldehydes is 1. The largest absolute Gasteiger partial charge is 0.386 e. The van der Waals surface area contributed by atoms with Crippen molar-refractivity contribution in [2.75, 3.05) is 0 Å². The van der Waals surface area contributed by atoms with Gasteiger partial charge in [-0.05, 0) is 37.0 Å². The predicted octanol–water partition coefficient (Wildman–Crippen LogP) is 3.18. The zero-order valence-corrected chi connectivity index (χ0v) is 10.7. The number of carbonyl (C=O) groups is 1. The van der Waals surface area contributed by atoms with Crippen molar-refractivity contribution in [3.8, 4) is 0 Å². The van der Waals surface area contributed by atoms with Gasteiger partial charge in [0.25, 0.3) is 0 Å². The molecule has 0 heterocycles. The van der Waals surface area contributed by atoms with Gasteiger partial charge in [-0.3, -0.25) is 0 Å². The van der Waals surface area contributed by atoms with Crippen molar-refractivity contribution in [3.05, 3.63) is 0 Å². The number of carbonyl (C=O) groups excluding carboxylic acids is 1. The van der Waals surface area contributed by atoms with Crippen LogP contribution in [-0.4, -0.2) is 17.5 Å². The van der Waals surface area contributed by atoms with Gasteiger partial charge in [-0.15, -0.1) is 0 Å². The standard InChI is InChI=1S/C14H26O2/c1-11(2)9-13-5-3-12(4-6-13)7-8-14(16)10-15/h10-14,16H,3-9H2,1-2H3. The molecule has 1 fully saturated rings. The van der Waals surface area contributed by atoms with Gasteiger partial charge in [-0.1, -0.05) is 39.5 Å². The van der Waals surface area contributed by atoms with Gasteiger partial charge < -0.3 is 9.90 Å². The molecule has 0 saturated heterocycles. The summed E-state index contributed by atoms with van der Waals surface area (Å²) >= 11 is 0. The lowest BCUT2D eigenvalue weighted by atomic mass is 9.77. The number of hydrogen-bond acceptors (Lipinski definition) is 2. The van der Waals surface area contributed by atoms with Crippen LogP contribution in [0, 0.1) is 17.8 Å². The van der Waals surface area contributed by atoms with Crippen molar-refractivity contribution in [3.63, 3.8) is 0 Å². The van der Waals surface area contributed by atoms with Gasteiger partial charge in [0, 0.05) is 0 Å². The highest BCUT2D eigenvalue weighted by Gasteiger charge is 2.22. The summed E-state index contributed by atoms with van der Waals surface area (Å²) in [5, 5.41) is 9.19. The van der Waals surface area contributed by atoms with Gasteiger partial charge in [0.15, 0.2) is 0 Å². The normalized spacial score (nSPS) is 28.0. The number of aliphatic hydroxyl groups is 1. The average Bonchev–Trinajstić information content (AvgIpc) is 2.27. The SMILES string of the molecule is CC(C)CC1CCC(CCC(O)C=O)CC1. The number of aliphatic hydroxyl groups excluding tert-OH is 1. The van der Waals surface area contributed by atoms with E-state index in [0.717, 1.165) is 24.2 Å². The predicted molar refractivity (Wildman–Crippen MR) is 66.2 cm³/mol. The third-order valence-electron chi connectivity index (χ3n) is 3.80. The Morgan fingerprint density at radius 2 is 1.75 bits per heavy atom. The van der Waals surface area contributed by atoms with Crippen molar-refractivity contribution in [1.82, 2.24) is 0 Å². The fraction of sp³-hybridized carbons (Fsp3) is 0.929. The third kappa shape index (κ3) is 5.11. The molecule has 1 unspecified atom stereocenters. The van der Waals surface area contributed by atoms with Crippen LogP contribution in [0.3, 0.4) is 0 Å². The van der Waals surface area contributed by atoms with Crippen LogP contribution in [0.5, 0.6) is 0 Å². The minimum atomic E-state index is -0.728. The maximum Gasteiger partial charge on any atom is 0.148 e. The van der Waals surface area contributed by atoms with Crippen LogP contribution in [0.25, 0.3) is 0 Å². The van der Waals surface area contributed by atoms with Crippen LogP contribution < -0.4 is 0 Å². The van der Waals surface area contributed by atoms with E-state index in [2.05, 4.69) is 13.8 Å². The van der Waals surface area contributed by atoms with Gasteiger partial charge in [0.05, 0.1) is 0 Å². The van der Waals surface area contributed by atoms with Crippen molar-refractivity contribution < 1.29 is 9.90 Å². The number of rotatable bonds is 6. The summed E-state index contributed by atoms with van der Waals surface area (Å²) in [6, 6.07) is 0. The molecule has 0 aromatic heterocycles. The fourth-order valence-electron chi connectivity index (χ4n) is 2.90. The van der Waals surface area contributed by atoms with Crippen LogP contribution in [0.4, 0.5) is 0 Å². The van der Waals surface area contributed by atoms with E-state index in [4.69, 9.17) is 0 Å². The third-order valence-corrected chi connectivity index (χ3v) is 3.80. The Labute approximate surface area is 99.4 Å². The highest BCUT2D eigenvalue weighted by molar-refractivity contribution is 5.55. The molecule has 1 saturated carbocycles.